The van der Waals surface area contributed by atoms with Gasteiger partial charge in [0.15, 0.2) is 0 Å². The van der Waals surface area contributed by atoms with Gasteiger partial charge in [-0.25, -0.2) is 0 Å². The Morgan fingerprint density at radius 1 is 1.00 bits per heavy atom. The van der Waals surface area contributed by atoms with Crippen LogP contribution in [0.1, 0.15) is 27.3 Å². The number of aromatic nitrogens is 3. The van der Waals surface area contributed by atoms with E-state index in [0.29, 0.717) is 12.1 Å². The lowest BCUT2D eigenvalue weighted by atomic mass is 10.2. The van der Waals surface area contributed by atoms with Crippen molar-refractivity contribution in [2.75, 3.05) is 12.8 Å². The second-order valence-corrected chi connectivity index (χ2v) is 9.34. The molecule has 0 fully saturated rings. The Bertz CT molecular complexity index is 1540. The second kappa shape index (κ2) is 10.5. The smallest absolute Gasteiger partial charge is 0.252 e. The highest BCUT2D eigenvalue weighted by Crippen LogP contribution is 2.33. The minimum Gasteiger partial charge on any atom is -0.399 e. The van der Waals surface area contributed by atoms with Gasteiger partial charge in [0, 0.05) is 34.1 Å². The fourth-order valence-corrected chi connectivity index (χ4v) is 4.90. The van der Waals surface area contributed by atoms with Crippen molar-refractivity contribution >= 4 is 46.4 Å². The van der Waals surface area contributed by atoms with Crippen molar-refractivity contribution < 1.29 is 4.79 Å². The van der Waals surface area contributed by atoms with Gasteiger partial charge in [0.05, 0.1) is 29.0 Å². The average Bonchev–Trinajstić information content (AvgIpc) is 3.25. The zero-order valence-corrected chi connectivity index (χ0v) is 20.6. The van der Waals surface area contributed by atoms with Crippen molar-refractivity contribution in [2.24, 2.45) is 0 Å². The fraction of sp³-hybridized carbons (Fsp3) is 0.0690. The standard InChI is InChI=1S/C29H25N5OS/c1-31-29(35)25-7-2-3-8-28(25)36-23-14-15-24-26(16-13-22-6-4-5-17-32-22)33-34(27(24)18-23)19-20-9-11-21(30)12-10-20/h2-18H,19,30H2,1H3,(H,31,35)/b16-13+. The van der Waals surface area contributed by atoms with Crippen molar-refractivity contribution in [2.45, 2.75) is 16.3 Å². The Hall–Kier alpha value is -4.36. The van der Waals surface area contributed by atoms with E-state index in [1.807, 2.05) is 83.6 Å². The topological polar surface area (TPSA) is 85.8 Å². The molecule has 0 radical (unpaired) electrons. The third-order valence-electron chi connectivity index (χ3n) is 5.75. The summed E-state index contributed by atoms with van der Waals surface area (Å²) in [6.45, 7) is 0.608. The van der Waals surface area contributed by atoms with Crippen molar-refractivity contribution in [1.82, 2.24) is 20.1 Å². The van der Waals surface area contributed by atoms with Gasteiger partial charge in [0.25, 0.3) is 5.91 Å². The van der Waals surface area contributed by atoms with Crippen molar-refractivity contribution in [1.29, 1.82) is 0 Å². The lowest BCUT2D eigenvalue weighted by molar-refractivity contribution is 0.0960. The molecule has 0 bridgehead atoms. The fourth-order valence-electron chi connectivity index (χ4n) is 3.93. The second-order valence-electron chi connectivity index (χ2n) is 8.23. The summed E-state index contributed by atoms with van der Waals surface area (Å²) in [5.74, 6) is -0.102. The number of nitrogens with two attached hydrogens (primary N) is 1. The minimum absolute atomic E-state index is 0.102. The third-order valence-corrected chi connectivity index (χ3v) is 6.82. The molecule has 3 aromatic carbocycles. The van der Waals surface area contributed by atoms with Crippen molar-refractivity contribution in [3.05, 3.63) is 114 Å². The van der Waals surface area contributed by atoms with Gasteiger partial charge in [-0.15, -0.1) is 0 Å². The number of carbonyl (C=O) groups excluding carboxylic acids is 1. The van der Waals surface area contributed by atoms with E-state index in [-0.39, 0.29) is 5.91 Å². The van der Waals surface area contributed by atoms with Crippen LogP contribution in [0.25, 0.3) is 23.1 Å². The molecule has 0 unspecified atom stereocenters. The summed E-state index contributed by atoms with van der Waals surface area (Å²) in [6.07, 6.45) is 5.74. The van der Waals surface area contributed by atoms with E-state index in [4.69, 9.17) is 10.8 Å². The quantitative estimate of drug-likeness (QED) is 0.284. The number of nitrogens with one attached hydrogen (secondary N) is 1. The lowest BCUT2D eigenvalue weighted by Crippen LogP contribution is -2.18. The highest BCUT2D eigenvalue weighted by molar-refractivity contribution is 7.99. The molecule has 2 aromatic heterocycles. The molecule has 0 aliphatic heterocycles. The van der Waals surface area contributed by atoms with Crippen LogP contribution in [-0.4, -0.2) is 27.7 Å². The number of nitrogens with zero attached hydrogens (tertiary/aromatic N) is 3. The first kappa shape index (κ1) is 23.4. The number of hydrogen-bond acceptors (Lipinski definition) is 5. The molecule has 0 atom stereocenters. The van der Waals surface area contributed by atoms with E-state index in [2.05, 4.69) is 28.5 Å². The molecule has 0 saturated carbocycles. The number of fused-ring (bicyclic) bond motifs is 1. The Balaban J connectivity index is 1.54. The summed E-state index contributed by atoms with van der Waals surface area (Å²) < 4.78 is 2.01. The van der Waals surface area contributed by atoms with Crippen LogP contribution in [0.5, 0.6) is 0 Å². The first-order valence-electron chi connectivity index (χ1n) is 11.5. The van der Waals surface area contributed by atoms with Gasteiger partial charge in [-0.2, -0.15) is 5.10 Å². The van der Waals surface area contributed by atoms with Crippen LogP contribution in [-0.2, 0) is 6.54 Å². The highest BCUT2D eigenvalue weighted by atomic mass is 32.2. The predicted octanol–water partition coefficient (Wildman–Crippen LogP) is 5.74. The zero-order chi connectivity index (χ0) is 24.9. The predicted molar refractivity (Wildman–Crippen MR) is 147 cm³/mol. The first-order chi connectivity index (χ1) is 17.6. The minimum atomic E-state index is -0.102. The molecule has 0 spiro atoms. The SMILES string of the molecule is CNC(=O)c1ccccc1Sc1ccc2c(/C=C/c3ccccn3)nn(Cc3ccc(N)cc3)c2c1. The van der Waals surface area contributed by atoms with E-state index in [9.17, 15) is 4.79 Å². The van der Waals surface area contributed by atoms with Gasteiger partial charge >= 0.3 is 0 Å². The highest BCUT2D eigenvalue weighted by Gasteiger charge is 2.14. The van der Waals surface area contributed by atoms with Crippen LogP contribution in [0, 0.1) is 0 Å². The summed E-state index contributed by atoms with van der Waals surface area (Å²) in [5.41, 5.74) is 11.1. The number of hydrogen-bond donors (Lipinski definition) is 2. The van der Waals surface area contributed by atoms with Gasteiger partial charge in [-0.1, -0.05) is 42.1 Å². The summed E-state index contributed by atoms with van der Waals surface area (Å²) >= 11 is 1.56. The van der Waals surface area contributed by atoms with Crippen molar-refractivity contribution in [3.8, 4) is 0 Å². The number of benzene rings is 3. The Labute approximate surface area is 213 Å². The number of anilines is 1. The van der Waals surface area contributed by atoms with Gasteiger partial charge in [-0.3, -0.25) is 14.5 Å². The maximum Gasteiger partial charge on any atom is 0.252 e. The molecule has 0 aliphatic carbocycles. The molecule has 3 N–H and O–H groups in total. The monoisotopic (exact) mass is 491 g/mol. The molecule has 0 aliphatic rings. The van der Waals surface area contributed by atoms with Gasteiger partial charge in [-0.05, 0) is 72.3 Å². The van der Waals surface area contributed by atoms with E-state index in [1.54, 1.807) is 25.0 Å². The normalized spacial score (nSPS) is 11.2. The van der Waals surface area contributed by atoms with E-state index < -0.39 is 0 Å². The molecule has 0 saturated heterocycles. The molecule has 36 heavy (non-hydrogen) atoms. The number of amides is 1. The van der Waals surface area contributed by atoms with Crippen LogP contribution < -0.4 is 11.1 Å². The van der Waals surface area contributed by atoms with E-state index >= 15 is 0 Å². The summed E-state index contributed by atoms with van der Waals surface area (Å²) in [5, 5.41) is 8.69. The zero-order valence-electron chi connectivity index (χ0n) is 19.8. The first-order valence-corrected chi connectivity index (χ1v) is 12.4. The molecule has 2 heterocycles. The maximum absolute atomic E-state index is 12.4. The van der Waals surface area contributed by atoms with Crippen LogP contribution in [0.4, 0.5) is 5.69 Å². The Morgan fingerprint density at radius 3 is 2.58 bits per heavy atom. The number of rotatable bonds is 7. The number of nitrogen functional groups attached to an aromatic ring is 1. The Morgan fingerprint density at radius 2 is 1.81 bits per heavy atom. The molecule has 1 amide bonds. The molecule has 7 heteroatoms. The van der Waals surface area contributed by atoms with E-state index in [1.165, 1.54) is 0 Å². The van der Waals surface area contributed by atoms with Gasteiger partial charge < -0.3 is 11.1 Å². The molecule has 5 rings (SSSR count). The molecular formula is C29H25N5OS. The van der Waals surface area contributed by atoms with Crippen molar-refractivity contribution in [3.63, 3.8) is 0 Å². The molecule has 178 valence electrons. The molecule has 5 aromatic rings. The van der Waals surface area contributed by atoms with Crippen LogP contribution in [0.3, 0.4) is 0 Å². The third kappa shape index (κ3) is 5.16. The summed E-state index contributed by atoms with van der Waals surface area (Å²) in [4.78, 5) is 18.7. The largest absolute Gasteiger partial charge is 0.399 e. The van der Waals surface area contributed by atoms with Gasteiger partial charge in [0.1, 0.15) is 0 Å². The van der Waals surface area contributed by atoms with E-state index in [0.717, 1.165) is 43.3 Å². The number of pyridine rings is 1. The summed E-state index contributed by atoms with van der Waals surface area (Å²) in [6, 6.07) is 27.6. The van der Waals surface area contributed by atoms with Crippen LogP contribution >= 0.6 is 11.8 Å². The van der Waals surface area contributed by atoms with Gasteiger partial charge in [0.2, 0.25) is 0 Å². The van der Waals surface area contributed by atoms with Crippen LogP contribution in [0.15, 0.2) is 101 Å². The van der Waals surface area contributed by atoms with Crippen LogP contribution in [0.2, 0.25) is 0 Å². The Kier molecular flexibility index (Phi) is 6.82. The average molecular weight is 492 g/mol. The molecular weight excluding hydrogens is 466 g/mol. The lowest BCUT2D eigenvalue weighted by Gasteiger charge is -2.09. The summed E-state index contributed by atoms with van der Waals surface area (Å²) in [7, 11) is 1.64. The molecule has 6 nitrogen and oxygen atoms in total. The number of carbonyl (C=O) groups is 1. The maximum atomic E-state index is 12.4.